The molecule has 0 amide bonds. The predicted molar refractivity (Wildman–Crippen MR) is 117 cm³/mol. The highest BCUT2D eigenvalue weighted by Gasteiger charge is 2.13. The molecule has 0 aliphatic carbocycles. The molecule has 1 heterocycles. The quantitative estimate of drug-likeness (QED) is 0.663. The molecule has 0 aromatic heterocycles. The van der Waals surface area contributed by atoms with Gasteiger partial charge in [-0.3, -0.25) is 9.74 Å². The lowest BCUT2D eigenvalue weighted by Gasteiger charge is -2.24. The molecule has 2 aromatic rings. The van der Waals surface area contributed by atoms with E-state index in [1.54, 1.807) is 0 Å². The summed E-state index contributed by atoms with van der Waals surface area (Å²) in [5.74, 6) is 0. The van der Waals surface area contributed by atoms with Crippen LogP contribution >= 0.6 is 0 Å². The smallest absolute Gasteiger partial charge is 0.0698 e. The third-order valence-corrected chi connectivity index (χ3v) is 5.36. The standard InChI is InChI=1S/C24H35N3O/c1-5-26(19(2)3)17-22-9-7-21(8-10-22)16-25-24-14-20(4)13-23(15-24)18-27-11-6-12-28-27/h7-10,13-15,19,25H,5-6,11-12,16-18H2,1-4H3. The number of nitrogens with one attached hydrogen (secondary N) is 1. The van der Waals surface area contributed by atoms with Gasteiger partial charge in [0.2, 0.25) is 0 Å². The molecule has 0 unspecified atom stereocenters. The van der Waals surface area contributed by atoms with Gasteiger partial charge in [0.05, 0.1) is 6.61 Å². The molecule has 152 valence electrons. The molecular formula is C24H35N3O. The molecule has 28 heavy (non-hydrogen) atoms. The van der Waals surface area contributed by atoms with Crippen LogP contribution in [0.2, 0.25) is 0 Å². The molecular weight excluding hydrogens is 346 g/mol. The van der Waals surface area contributed by atoms with Crippen molar-refractivity contribution < 1.29 is 4.84 Å². The Morgan fingerprint density at radius 2 is 1.82 bits per heavy atom. The Hall–Kier alpha value is -1.88. The van der Waals surface area contributed by atoms with Gasteiger partial charge in [0.25, 0.3) is 0 Å². The maximum Gasteiger partial charge on any atom is 0.0698 e. The molecule has 0 atom stereocenters. The van der Waals surface area contributed by atoms with Crippen molar-refractivity contribution >= 4 is 5.69 Å². The lowest BCUT2D eigenvalue weighted by atomic mass is 10.1. The third-order valence-electron chi connectivity index (χ3n) is 5.36. The van der Waals surface area contributed by atoms with Gasteiger partial charge in [0, 0.05) is 37.9 Å². The third kappa shape index (κ3) is 6.06. The number of hydrogen-bond donors (Lipinski definition) is 1. The van der Waals surface area contributed by atoms with Crippen molar-refractivity contribution in [3.8, 4) is 0 Å². The van der Waals surface area contributed by atoms with Gasteiger partial charge in [-0.1, -0.05) is 37.3 Å². The van der Waals surface area contributed by atoms with Crippen LogP contribution < -0.4 is 5.32 Å². The molecule has 2 aromatic carbocycles. The first-order chi connectivity index (χ1) is 13.5. The van der Waals surface area contributed by atoms with Gasteiger partial charge < -0.3 is 5.32 Å². The minimum atomic E-state index is 0.577. The van der Waals surface area contributed by atoms with Gasteiger partial charge in [-0.2, -0.15) is 5.06 Å². The van der Waals surface area contributed by atoms with Crippen molar-refractivity contribution in [2.75, 3.05) is 25.0 Å². The summed E-state index contributed by atoms with van der Waals surface area (Å²) < 4.78 is 0. The Bertz CT molecular complexity index is 736. The number of hydrogen-bond acceptors (Lipinski definition) is 4. The highest BCUT2D eigenvalue weighted by Crippen LogP contribution is 2.19. The molecule has 0 bridgehead atoms. The Morgan fingerprint density at radius 1 is 1.07 bits per heavy atom. The Morgan fingerprint density at radius 3 is 2.46 bits per heavy atom. The minimum Gasteiger partial charge on any atom is -0.381 e. The molecule has 3 rings (SSSR count). The van der Waals surface area contributed by atoms with E-state index in [9.17, 15) is 0 Å². The van der Waals surface area contributed by atoms with E-state index < -0.39 is 0 Å². The van der Waals surface area contributed by atoms with Gasteiger partial charge in [-0.25, -0.2) is 0 Å². The lowest BCUT2D eigenvalue weighted by molar-refractivity contribution is -0.117. The average Bonchev–Trinajstić information content (AvgIpc) is 3.17. The first-order valence-electron chi connectivity index (χ1n) is 10.6. The van der Waals surface area contributed by atoms with Crippen molar-refractivity contribution in [1.29, 1.82) is 0 Å². The zero-order valence-electron chi connectivity index (χ0n) is 17.9. The van der Waals surface area contributed by atoms with Crippen LogP contribution in [0.15, 0.2) is 42.5 Å². The van der Waals surface area contributed by atoms with Crippen LogP contribution in [0.25, 0.3) is 0 Å². The predicted octanol–water partition coefficient (Wildman–Crippen LogP) is 4.97. The Labute approximate surface area is 170 Å². The number of benzene rings is 2. The van der Waals surface area contributed by atoms with Crippen LogP contribution in [0.1, 0.15) is 49.4 Å². The van der Waals surface area contributed by atoms with Crippen molar-refractivity contribution in [3.05, 3.63) is 64.7 Å². The summed E-state index contributed by atoms with van der Waals surface area (Å²) >= 11 is 0. The van der Waals surface area contributed by atoms with Gasteiger partial charge in [0.15, 0.2) is 0 Å². The normalized spacial score (nSPS) is 14.9. The van der Waals surface area contributed by atoms with Crippen LogP contribution in [0, 0.1) is 6.92 Å². The van der Waals surface area contributed by atoms with Gasteiger partial charge in [0.1, 0.15) is 0 Å². The van der Waals surface area contributed by atoms with Crippen LogP contribution in [-0.4, -0.2) is 35.7 Å². The highest BCUT2D eigenvalue weighted by molar-refractivity contribution is 5.49. The molecule has 1 aliphatic heterocycles. The van der Waals surface area contributed by atoms with Crippen LogP contribution in [0.5, 0.6) is 0 Å². The van der Waals surface area contributed by atoms with Crippen molar-refractivity contribution in [2.24, 2.45) is 0 Å². The fraction of sp³-hybridized carbons (Fsp3) is 0.500. The molecule has 1 saturated heterocycles. The van der Waals surface area contributed by atoms with E-state index in [1.165, 1.54) is 27.9 Å². The SMILES string of the molecule is CCN(Cc1ccc(CNc2cc(C)cc(CN3CCCO3)c2)cc1)C(C)C. The maximum atomic E-state index is 5.64. The highest BCUT2D eigenvalue weighted by atomic mass is 16.7. The zero-order valence-corrected chi connectivity index (χ0v) is 17.9. The summed E-state index contributed by atoms with van der Waals surface area (Å²) in [6.07, 6.45) is 1.13. The van der Waals surface area contributed by atoms with E-state index in [0.717, 1.165) is 45.8 Å². The van der Waals surface area contributed by atoms with E-state index in [2.05, 4.69) is 85.4 Å². The first-order valence-corrected chi connectivity index (χ1v) is 10.6. The molecule has 0 spiro atoms. The maximum absolute atomic E-state index is 5.64. The second-order valence-corrected chi connectivity index (χ2v) is 8.08. The zero-order chi connectivity index (χ0) is 19.9. The van der Waals surface area contributed by atoms with Crippen molar-refractivity contribution in [1.82, 2.24) is 9.96 Å². The molecule has 0 saturated carbocycles. The van der Waals surface area contributed by atoms with Gasteiger partial charge >= 0.3 is 0 Å². The number of hydroxylamine groups is 2. The summed E-state index contributed by atoms with van der Waals surface area (Å²) in [7, 11) is 0. The minimum absolute atomic E-state index is 0.577. The summed E-state index contributed by atoms with van der Waals surface area (Å²) in [5.41, 5.74) is 6.44. The topological polar surface area (TPSA) is 27.7 Å². The Kier molecular flexibility index (Phi) is 7.49. The number of anilines is 1. The average molecular weight is 382 g/mol. The summed E-state index contributed by atoms with van der Waals surface area (Å²) in [5, 5.41) is 5.65. The largest absolute Gasteiger partial charge is 0.381 e. The molecule has 1 aliphatic rings. The van der Waals surface area contributed by atoms with E-state index in [-0.39, 0.29) is 0 Å². The first kappa shape index (κ1) is 20.8. The van der Waals surface area contributed by atoms with Crippen LogP contribution in [0.3, 0.4) is 0 Å². The number of nitrogens with zero attached hydrogens (tertiary/aromatic N) is 2. The van der Waals surface area contributed by atoms with E-state index in [0.29, 0.717) is 6.04 Å². The van der Waals surface area contributed by atoms with Crippen LogP contribution in [-0.2, 0) is 24.5 Å². The fourth-order valence-corrected chi connectivity index (χ4v) is 3.74. The molecule has 4 heteroatoms. The Balaban J connectivity index is 1.56. The van der Waals surface area contributed by atoms with Crippen molar-refractivity contribution in [2.45, 2.75) is 59.8 Å². The summed E-state index contributed by atoms with van der Waals surface area (Å²) in [6, 6.07) is 16.3. The van der Waals surface area contributed by atoms with E-state index in [1.807, 2.05) is 0 Å². The monoisotopic (exact) mass is 381 g/mol. The molecule has 0 radical (unpaired) electrons. The number of aryl methyl sites for hydroxylation is 1. The van der Waals surface area contributed by atoms with Crippen LogP contribution in [0.4, 0.5) is 5.69 Å². The number of rotatable bonds is 9. The molecule has 4 nitrogen and oxygen atoms in total. The van der Waals surface area contributed by atoms with Gasteiger partial charge in [-0.15, -0.1) is 0 Å². The molecule has 1 fully saturated rings. The second kappa shape index (κ2) is 10.1. The lowest BCUT2D eigenvalue weighted by Crippen LogP contribution is -2.29. The van der Waals surface area contributed by atoms with E-state index in [4.69, 9.17) is 4.84 Å². The van der Waals surface area contributed by atoms with Crippen molar-refractivity contribution in [3.63, 3.8) is 0 Å². The molecule has 1 N–H and O–H groups in total. The second-order valence-electron chi connectivity index (χ2n) is 8.08. The summed E-state index contributed by atoms with van der Waals surface area (Å²) in [4.78, 5) is 8.11. The van der Waals surface area contributed by atoms with Gasteiger partial charge in [-0.05, 0) is 68.1 Å². The summed E-state index contributed by atoms with van der Waals surface area (Å²) in [6.45, 7) is 14.6. The van der Waals surface area contributed by atoms with E-state index >= 15 is 0 Å². The fourth-order valence-electron chi connectivity index (χ4n) is 3.74.